The van der Waals surface area contributed by atoms with Crippen LogP contribution in [-0.4, -0.2) is 34.4 Å². The molecule has 1 aliphatic carbocycles. The van der Waals surface area contributed by atoms with E-state index in [4.69, 9.17) is 4.74 Å². The van der Waals surface area contributed by atoms with Crippen molar-refractivity contribution in [2.75, 3.05) is 12.9 Å². The Morgan fingerprint density at radius 2 is 1.90 bits per heavy atom. The maximum absolute atomic E-state index is 11.3. The highest BCUT2D eigenvalue weighted by molar-refractivity contribution is 8.04. The lowest BCUT2D eigenvalue weighted by atomic mass is 10.00. The molecule has 0 aromatic heterocycles. The Morgan fingerprint density at radius 1 is 1.25 bits per heavy atom. The number of aromatic hydroxyl groups is 1. The van der Waals surface area contributed by atoms with Gasteiger partial charge in [-0.3, -0.25) is 4.79 Å². The van der Waals surface area contributed by atoms with Crippen LogP contribution in [-0.2, 0) is 9.53 Å². The van der Waals surface area contributed by atoms with Gasteiger partial charge in [-0.2, -0.15) is 0 Å². The lowest BCUT2D eigenvalue weighted by molar-refractivity contribution is -0.137. The minimum absolute atomic E-state index is 0.144. The van der Waals surface area contributed by atoms with Crippen molar-refractivity contribution in [1.29, 1.82) is 0 Å². The van der Waals surface area contributed by atoms with Crippen molar-refractivity contribution >= 4 is 29.5 Å². The number of rotatable bonds is 5. The van der Waals surface area contributed by atoms with Crippen molar-refractivity contribution in [2.45, 2.75) is 41.1 Å². The molecule has 0 radical (unpaired) electrons. The maximum Gasteiger partial charge on any atom is 0.315 e. The number of carbonyl (C=O) groups is 1. The molecule has 1 saturated carbocycles. The molecule has 0 amide bonds. The minimum atomic E-state index is -0.144. The van der Waals surface area contributed by atoms with E-state index in [2.05, 4.69) is 0 Å². The first-order valence-electron chi connectivity index (χ1n) is 6.83. The van der Waals surface area contributed by atoms with Gasteiger partial charge in [0.05, 0.1) is 12.9 Å². The third-order valence-electron chi connectivity index (χ3n) is 3.41. The Hall–Kier alpha value is -0.810. The summed E-state index contributed by atoms with van der Waals surface area (Å²) >= 11 is 3.57. The Bertz CT molecular complexity index is 433. The third kappa shape index (κ3) is 4.63. The molecule has 20 heavy (non-hydrogen) atoms. The molecule has 0 bridgehead atoms. The van der Waals surface area contributed by atoms with Crippen molar-refractivity contribution in [3.63, 3.8) is 0 Å². The Morgan fingerprint density at radius 3 is 2.55 bits per heavy atom. The van der Waals surface area contributed by atoms with E-state index >= 15 is 0 Å². The first-order valence-corrected chi connectivity index (χ1v) is 8.76. The van der Waals surface area contributed by atoms with E-state index < -0.39 is 0 Å². The molecule has 3 nitrogen and oxygen atoms in total. The summed E-state index contributed by atoms with van der Waals surface area (Å²) < 4.78 is 4.71. The zero-order valence-corrected chi connectivity index (χ0v) is 13.2. The van der Waals surface area contributed by atoms with Gasteiger partial charge in [-0.25, -0.2) is 0 Å². The molecule has 1 aromatic rings. The van der Waals surface area contributed by atoms with Gasteiger partial charge >= 0.3 is 5.97 Å². The fraction of sp³-hybridized carbons (Fsp3) is 0.533. The van der Waals surface area contributed by atoms with Gasteiger partial charge in [-0.15, -0.1) is 23.5 Å². The summed E-state index contributed by atoms with van der Waals surface area (Å²) in [6.07, 6.45) is 4.85. The highest BCUT2D eigenvalue weighted by Crippen LogP contribution is 2.39. The summed E-state index contributed by atoms with van der Waals surface area (Å²) in [4.78, 5) is 12.5. The van der Waals surface area contributed by atoms with E-state index in [0.717, 1.165) is 6.42 Å². The first kappa shape index (κ1) is 15.6. The number of methoxy groups -OCH3 is 1. The molecule has 1 N–H and O–H groups in total. The van der Waals surface area contributed by atoms with Crippen LogP contribution in [0.1, 0.15) is 25.7 Å². The highest BCUT2D eigenvalue weighted by Gasteiger charge is 2.27. The van der Waals surface area contributed by atoms with Gasteiger partial charge in [0.1, 0.15) is 5.75 Å². The summed E-state index contributed by atoms with van der Waals surface area (Å²) in [7, 11) is 1.44. The van der Waals surface area contributed by atoms with Crippen LogP contribution in [0.2, 0.25) is 0 Å². The molecule has 0 aliphatic heterocycles. The molecule has 5 heteroatoms. The van der Waals surface area contributed by atoms with Crippen LogP contribution < -0.4 is 0 Å². The third-order valence-corrected chi connectivity index (χ3v) is 6.39. The van der Waals surface area contributed by atoms with Gasteiger partial charge in [0.25, 0.3) is 0 Å². The van der Waals surface area contributed by atoms with Crippen LogP contribution in [0.5, 0.6) is 5.75 Å². The van der Waals surface area contributed by atoms with Crippen molar-refractivity contribution in [1.82, 2.24) is 0 Å². The first-order chi connectivity index (χ1) is 9.69. The molecule has 2 atom stereocenters. The summed E-state index contributed by atoms with van der Waals surface area (Å²) in [5.41, 5.74) is 0. The van der Waals surface area contributed by atoms with Gasteiger partial charge in [-0.1, -0.05) is 12.8 Å². The lowest BCUT2D eigenvalue weighted by Crippen LogP contribution is -2.25. The number of esters is 1. The molecule has 0 heterocycles. The molecule has 0 spiro atoms. The number of hydrogen-bond donors (Lipinski definition) is 1. The van der Waals surface area contributed by atoms with Gasteiger partial charge in [0, 0.05) is 15.4 Å². The predicted molar refractivity (Wildman–Crippen MR) is 84.5 cm³/mol. The molecule has 0 saturated heterocycles. The summed E-state index contributed by atoms with van der Waals surface area (Å²) in [6, 6.07) is 7.36. The van der Waals surface area contributed by atoms with E-state index in [9.17, 15) is 9.90 Å². The van der Waals surface area contributed by atoms with E-state index in [-0.39, 0.29) is 5.97 Å². The Labute approximate surface area is 128 Å². The topological polar surface area (TPSA) is 46.5 Å². The largest absolute Gasteiger partial charge is 0.508 e. The number of thioether (sulfide) groups is 2. The average molecular weight is 312 g/mol. The minimum Gasteiger partial charge on any atom is -0.508 e. The molecule has 2 rings (SSSR count). The fourth-order valence-electron chi connectivity index (χ4n) is 2.32. The number of ether oxygens (including phenoxy) is 1. The van der Waals surface area contributed by atoms with Crippen molar-refractivity contribution in [2.24, 2.45) is 0 Å². The van der Waals surface area contributed by atoms with Crippen LogP contribution in [0, 0.1) is 0 Å². The predicted octanol–water partition coefficient (Wildman–Crippen LogP) is 3.70. The standard InChI is InChI=1S/C15H20O3S2/c1-18-15(17)10-19-13-4-2-3-5-14(13)20-12-8-6-11(16)7-9-12/h6-9,13-14,16H,2-5,10H2,1H3. The van der Waals surface area contributed by atoms with Crippen LogP contribution in [0.3, 0.4) is 0 Å². The van der Waals surface area contributed by atoms with Crippen molar-refractivity contribution in [3.05, 3.63) is 24.3 Å². The molecule has 2 unspecified atom stereocenters. The lowest BCUT2D eigenvalue weighted by Gasteiger charge is -2.30. The van der Waals surface area contributed by atoms with Gasteiger partial charge in [-0.05, 0) is 37.1 Å². The highest BCUT2D eigenvalue weighted by atomic mass is 32.2. The van der Waals surface area contributed by atoms with E-state index in [1.165, 1.54) is 31.3 Å². The summed E-state index contributed by atoms with van der Waals surface area (Å²) in [5, 5.41) is 10.4. The molecular weight excluding hydrogens is 292 g/mol. The average Bonchev–Trinajstić information content (AvgIpc) is 2.48. The quantitative estimate of drug-likeness (QED) is 0.840. The van der Waals surface area contributed by atoms with Gasteiger partial charge < -0.3 is 9.84 Å². The normalized spacial score (nSPS) is 22.4. The second kappa shape index (κ2) is 7.84. The fourth-order valence-corrected chi connectivity index (χ4v) is 5.09. The van der Waals surface area contributed by atoms with Crippen molar-refractivity contribution < 1.29 is 14.6 Å². The smallest absolute Gasteiger partial charge is 0.315 e. The van der Waals surface area contributed by atoms with E-state index in [1.54, 1.807) is 23.9 Å². The second-order valence-corrected chi connectivity index (χ2v) is 7.40. The SMILES string of the molecule is COC(=O)CSC1CCCCC1Sc1ccc(O)cc1. The number of phenolic OH excluding ortho intramolecular Hbond substituents is 1. The second-order valence-electron chi connectivity index (χ2n) is 4.86. The van der Waals surface area contributed by atoms with Crippen LogP contribution in [0.25, 0.3) is 0 Å². The van der Waals surface area contributed by atoms with E-state index in [0.29, 0.717) is 22.0 Å². The van der Waals surface area contributed by atoms with Gasteiger partial charge in [0.15, 0.2) is 0 Å². The van der Waals surface area contributed by atoms with Crippen LogP contribution in [0.4, 0.5) is 0 Å². The maximum atomic E-state index is 11.3. The number of hydrogen-bond acceptors (Lipinski definition) is 5. The van der Waals surface area contributed by atoms with Crippen LogP contribution >= 0.6 is 23.5 Å². The van der Waals surface area contributed by atoms with Crippen LogP contribution in [0.15, 0.2) is 29.2 Å². The van der Waals surface area contributed by atoms with Gasteiger partial charge in [0.2, 0.25) is 0 Å². The Balaban J connectivity index is 1.92. The number of phenols is 1. The Kier molecular flexibility index (Phi) is 6.10. The summed E-state index contributed by atoms with van der Waals surface area (Å²) in [6.45, 7) is 0. The molecule has 1 aliphatic rings. The van der Waals surface area contributed by atoms with E-state index in [1.807, 2.05) is 23.9 Å². The molecular formula is C15H20O3S2. The zero-order chi connectivity index (χ0) is 14.4. The molecule has 1 aromatic carbocycles. The molecule has 110 valence electrons. The number of benzene rings is 1. The monoisotopic (exact) mass is 312 g/mol. The van der Waals surface area contributed by atoms with Crippen molar-refractivity contribution in [3.8, 4) is 5.75 Å². The summed E-state index contributed by atoms with van der Waals surface area (Å²) in [5.74, 6) is 0.594. The number of carbonyl (C=O) groups excluding carboxylic acids is 1. The zero-order valence-electron chi connectivity index (χ0n) is 11.6. The molecule has 1 fully saturated rings.